The Balaban J connectivity index is 0.00000242. The number of carboxylic acid groups (broad SMARTS) is 1. The number of aliphatic hydroxyl groups is 3. The van der Waals surface area contributed by atoms with Gasteiger partial charge in [-0.3, -0.25) is 5.48 Å². The summed E-state index contributed by atoms with van der Waals surface area (Å²) in [6.07, 6.45) is -5.91. The molecule has 0 radical (unpaired) electrons. The standard InChI is InChI=1S/C13H17NO7.Na/c1-6-9(15)10(16)11(17)13(20-6)21-14-8-4-2-7(3-5-8)12(18)19;/h2-6,9-11,13-17H,1H3,(H,18,19);/q;+1/p-1/t6-,9-,10+,11+,13?;/m1./s1. The van der Waals surface area contributed by atoms with Gasteiger partial charge in [0.1, 0.15) is 18.3 Å². The zero-order valence-electron chi connectivity index (χ0n) is 12.2. The second-order valence-electron chi connectivity index (χ2n) is 4.77. The van der Waals surface area contributed by atoms with Gasteiger partial charge < -0.3 is 30.0 Å². The average molecular weight is 321 g/mol. The summed E-state index contributed by atoms with van der Waals surface area (Å²) >= 11 is 0. The van der Waals surface area contributed by atoms with Gasteiger partial charge in [-0.15, -0.1) is 0 Å². The minimum absolute atomic E-state index is 0. The molecule has 0 saturated carbocycles. The number of carbonyl (C=O) groups is 1. The number of rotatable bonds is 4. The maximum atomic E-state index is 10.6. The second kappa shape index (κ2) is 8.23. The molecule has 1 aliphatic rings. The smallest absolute Gasteiger partial charge is 0.545 e. The Labute approximate surface area is 148 Å². The maximum absolute atomic E-state index is 10.6. The fourth-order valence-electron chi connectivity index (χ4n) is 1.91. The minimum Gasteiger partial charge on any atom is -0.545 e. The maximum Gasteiger partial charge on any atom is 1.00 e. The van der Waals surface area contributed by atoms with Gasteiger partial charge in [0, 0.05) is 0 Å². The van der Waals surface area contributed by atoms with Crippen LogP contribution in [0.4, 0.5) is 5.69 Å². The minimum atomic E-state index is -1.42. The van der Waals surface area contributed by atoms with E-state index in [-0.39, 0.29) is 35.1 Å². The first kappa shape index (κ1) is 19.3. The summed E-state index contributed by atoms with van der Waals surface area (Å²) < 4.78 is 5.22. The summed E-state index contributed by atoms with van der Waals surface area (Å²) in [5.74, 6) is -1.29. The number of hydrogen-bond acceptors (Lipinski definition) is 8. The summed E-state index contributed by atoms with van der Waals surface area (Å²) in [5, 5.41) is 39.5. The molecule has 1 aromatic carbocycles. The van der Waals surface area contributed by atoms with Crippen LogP contribution in [0.3, 0.4) is 0 Å². The predicted molar refractivity (Wildman–Crippen MR) is 67.8 cm³/mol. The van der Waals surface area contributed by atoms with Gasteiger partial charge in [-0.25, -0.2) is 4.84 Å². The van der Waals surface area contributed by atoms with Gasteiger partial charge >= 0.3 is 29.6 Å². The summed E-state index contributed by atoms with van der Waals surface area (Å²) in [5.41, 5.74) is 2.91. The van der Waals surface area contributed by atoms with Gasteiger partial charge in [0.15, 0.2) is 0 Å². The third kappa shape index (κ3) is 4.40. The average Bonchev–Trinajstić information content (AvgIpc) is 2.48. The molecule has 1 fully saturated rings. The van der Waals surface area contributed by atoms with Crippen molar-refractivity contribution in [1.29, 1.82) is 0 Å². The van der Waals surface area contributed by atoms with Crippen LogP contribution in [0, 0.1) is 0 Å². The van der Waals surface area contributed by atoms with E-state index < -0.39 is 36.7 Å². The van der Waals surface area contributed by atoms with Crippen molar-refractivity contribution < 1.29 is 64.4 Å². The fraction of sp³-hybridized carbons (Fsp3) is 0.462. The molecule has 0 bridgehead atoms. The van der Waals surface area contributed by atoms with Crippen LogP contribution in [0.25, 0.3) is 0 Å². The van der Waals surface area contributed by atoms with E-state index >= 15 is 0 Å². The van der Waals surface area contributed by atoms with E-state index in [1.165, 1.54) is 31.2 Å². The van der Waals surface area contributed by atoms with Crippen LogP contribution in [0.1, 0.15) is 17.3 Å². The molecule has 5 atom stereocenters. The monoisotopic (exact) mass is 321 g/mol. The van der Waals surface area contributed by atoms with E-state index in [0.717, 1.165) is 0 Å². The Morgan fingerprint density at radius 2 is 1.77 bits per heavy atom. The van der Waals surface area contributed by atoms with Crippen molar-refractivity contribution in [2.75, 3.05) is 5.48 Å². The summed E-state index contributed by atoms with van der Waals surface area (Å²) in [6.45, 7) is 1.53. The molecule has 1 aromatic rings. The second-order valence-corrected chi connectivity index (χ2v) is 4.77. The van der Waals surface area contributed by atoms with Crippen molar-refractivity contribution in [3.05, 3.63) is 29.8 Å². The van der Waals surface area contributed by atoms with E-state index in [0.29, 0.717) is 5.69 Å². The molecule has 0 spiro atoms. The number of anilines is 1. The van der Waals surface area contributed by atoms with Gasteiger partial charge in [-0.2, -0.15) is 0 Å². The number of nitrogens with one attached hydrogen (secondary N) is 1. The van der Waals surface area contributed by atoms with Crippen molar-refractivity contribution in [3.8, 4) is 0 Å². The molecule has 2 rings (SSSR count). The van der Waals surface area contributed by atoms with E-state index in [4.69, 9.17) is 9.57 Å². The Bertz CT molecular complexity index is 498. The van der Waals surface area contributed by atoms with E-state index in [1.54, 1.807) is 0 Å². The first-order valence-electron chi connectivity index (χ1n) is 6.33. The number of hydrogen-bond donors (Lipinski definition) is 4. The number of aromatic carboxylic acids is 1. The zero-order chi connectivity index (χ0) is 15.6. The number of carboxylic acids is 1. The Morgan fingerprint density at radius 1 is 1.18 bits per heavy atom. The molecule has 0 aliphatic carbocycles. The third-order valence-corrected chi connectivity index (χ3v) is 3.22. The van der Waals surface area contributed by atoms with Gasteiger partial charge in [-0.05, 0) is 24.6 Å². The Hall–Kier alpha value is -0.710. The number of carbonyl (C=O) groups excluding carboxylic acids is 1. The summed E-state index contributed by atoms with van der Waals surface area (Å²) in [4.78, 5) is 15.7. The molecular formula is C13H16NNaO7. The fourth-order valence-corrected chi connectivity index (χ4v) is 1.91. The number of ether oxygens (including phenoxy) is 1. The number of benzene rings is 1. The van der Waals surface area contributed by atoms with Crippen molar-refractivity contribution in [1.82, 2.24) is 0 Å². The van der Waals surface area contributed by atoms with E-state index in [2.05, 4.69) is 5.48 Å². The molecular weight excluding hydrogens is 305 g/mol. The first-order valence-corrected chi connectivity index (χ1v) is 6.33. The van der Waals surface area contributed by atoms with E-state index in [1.807, 2.05) is 0 Å². The first-order chi connectivity index (χ1) is 9.90. The van der Waals surface area contributed by atoms with Crippen LogP contribution in [0.15, 0.2) is 24.3 Å². The molecule has 4 N–H and O–H groups in total. The third-order valence-electron chi connectivity index (χ3n) is 3.22. The van der Waals surface area contributed by atoms with Crippen LogP contribution < -0.4 is 40.1 Å². The predicted octanol–water partition coefficient (Wildman–Crippen LogP) is -4.77. The largest absolute Gasteiger partial charge is 1.00 e. The van der Waals surface area contributed by atoms with Crippen LogP contribution >= 0.6 is 0 Å². The van der Waals surface area contributed by atoms with Crippen molar-refractivity contribution >= 4 is 11.7 Å². The van der Waals surface area contributed by atoms with Crippen molar-refractivity contribution in [2.45, 2.75) is 37.6 Å². The quantitative estimate of drug-likeness (QED) is 0.321. The van der Waals surface area contributed by atoms with E-state index in [9.17, 15) is 25.2 Å². The molecule has 1 unspecified atom stereocenters. The molecule has 1 aliphatic heterocycles. The molecule has 1 saturated heterocycles. The van der Waals surface area contributed by atoms with Crippen LogP contribution in [-0.4, -0.2) is 52.0 Å². The molecule has 1 heterocycles. The van der Waals surface area contributed by atoms with Gasteiger partial charge in [0.05, 0.1) is 17.8 Å². The van der Waals surface area contributed by atoms with Crippen LogP contribution in [0.5, 0.6) is 0 Å². The van der Waals surface area contributed by atoms with Crippen molar-refractivity contribution in [2.24, 2.45) is 0 Å². The van der Waals surface area contributed by atoms with Gasteiger partial charge in [0.25, 0.3) is 0 Å². The van der Waals surface area contributed by atoms with Crippen molar-refractivity contribution in [3.63, 3.8) is 0 Å². The molecule has 0 amide bonds. The topological polar surface area (TPSA) is 131 Å². The number of aliphatic hydroxyl groups excluding tert-OH is 3. The zero-order valence-corrected chi connectivity index (χ0v) is 14.2. The summed E-state index contributed by atoms with van der Waals surface area (Å²) in [7, 11) is 0. The Kier molecular flexibility index (Phi) is 7.23. The molecule has 0 aromatic heterocycles. The Morgan fingerprint density at radius 3 is 2.32 bits per heavy atom. The van der Waals surface area contributed by atoms with Crippen LogP contribution in [-0.2, 0) is 9.57 Å². The van der Waals surface area contributed by atoms with Gasteiger partial charge in [-0.1, -0.05) is 12.1 Å². The molecule has 22 heavy (non-hydrogen) atoms. The normalized spacial score (nSPS) is 31.2. The molecule has 9 heteroatoms. The van der Waals surface area contributed by atoms with Gasteiger partial charge in [0.2, 0.25) is 6.29 Å². The molecule has 8 nitrogen and oxygen atoms in total. The summed E-state index contributed by atoms with van der Waals surface area (Å²) in [6, 6.07) is 5.52. The van der Waals surface area contributed by atoms with Crippen LogP contribution in [0.2, 0.25) is 0 Å². The molecule has 116 valence electrons. The SMILES string of the molecule is C[C@H]1OC(ONc2ccc(C(=O)[O-])cc2)[C@@H](O)[C@@H](O)[C@@H]1O.[Na+].